The molecule has 1 unspecified atom stereocenters. The SMILES string of the molecule is CCN([CH]C(C)O)CC. The molecule has 9 heavy (non-hydrogen) atoms. The molecule has 0 saturated carbocycles. The Labute approximate surface area is 57.5 Å². The molecule has 0 heterocycles. The minimum Gasteiger partial charge on any atom is -0.392 e. The molecule has 1 N–H and O–H groups in total. The van der Waals surface area contributed by atoms with Crippen molar-refractivity contribution in [2.45, 2.75) is 26.9 Å². The van der Waals surface area contributed by atoms with Gasteiger partial charge >= 0.3 is 0 Å². The average Bonchev–Trinajstić information content (AvgIpc) is 1.82. The van der Waals surface area contributed by atoms with Crippen molar-refractivity contribution in [2.75, 3.05) is 13.1 Å². The molecule has 2 nitrogen and oxygen atoms in total. The Morgan fingerprint density at radius 2 is 1.89 bits per heavy atom. The monoisotopic (exact) mass is 130 g/mol. The first-order valence-electron chi connectivity index (χ1n) is 3.47. The molecule has 0 bridgehead atoms. The summed E-state index contributed by atoms with van der Waals surface area (Å²) in [5.41, 5.74) is 0. The Balaban J connectivity index is 3.31. The van der Waals surface area contributed by atoms with Crippen molar-refractivity contribution in [1.29, 1.82) is 0 Å². The first-order valence-corrected chi connectivity index (χ1v) is 3.47. The molecule has 0 rings (SSSR count). The lowest BCUT2D eigenvalue weighted by Crippen LogP contribution is -2.25. The van der Waals surface area contributed by atoms with Gasteiger partial charge in [-0.2, -0.15) is 0 Å². The van der Waals surface area contributed by atoms with E-state index in [1.165, 1.54) is 0 Å². The lowest BCUT2D eigenvalue weighted by molar-refractivity contribution is 0.175. The van der Waals surface area contributed by atoms with Crippen molar-refractivity contribution >= 4 is 0 Å². The number of aliphatic hydroxyl groups excluding tert-OH is 1. The van der Waals surface area contributed by atoms with Gasteiger partial charge in [0.1, 0.15) is 0 Å². The predicted molar refractivity (Wildman–Crippen MR) is 38.9 cm³/mol. The Morgan fingerprint density at radius 1 is 1.44 bits per heavy atom. The number of hydrogen-bond donors (Lipinski definition) is 1. The second-order valence-electron chi connectivity index (χ2n) is 2.11. The maximum Gasteiger partial charge on any atom is 0.0683 e. The molecule has 0 aliphatic carbocycles. The summed E-state index contributed by atoms with van der Waals surface area (Å²) in [7, 11) is 0. The van der Waals surface area contributed by atoms with Crippen molar-refractivity contribution in [1.82, 2.24) is 4.90 Å². The summed E-state index contributed by atoms with van der Waals surface area (Å²) in [6.45, 7) is 9.69. The van der Waals surface area contributed by atoms with Crippen LogP contribution >= 0.6 is 0 Å². The molecule has 0 aliphatic rings. The van der Waals surface area contributed by atoms with E-state index in [0.717, 1.165) is 13.1 Å². The normalized spacial score (nSPS) is 14.3. The molecule has 55 valence electrons. The fraction of sp³-hybridized carbons (Fsp3) is 0.857. The highest BCUT2D eigenvalue weighted by molar-refractivity contribution is 4.70. The van der Waals surface area contributed by atoms with Crippen LogP contribution in [0.5, 0.6) is 0 Å². The first-order chi connectivity index (χ1) is 4.20. The average molecular weight is 130 g/mol. The zero-order valence-electron chi connectivity index (χ0n) is 6.46. The highest BCUT2D eigenvalue weighted by Crippen LogP contribution is 1.95. The van der Waals surface area contributed by atoms with Crippen LogP contribution in [0.3, 0.4) is 0 Å². The maximum atomic E-state index is 8.89. The number of aliphatic hydroxyl groups is 1. The molecular weight excluding hydrogens is 114 g/mol. The fourth-order valence-electron chi connectivity index (χ4n) is 0.740. The molecule has 1 atom stereocenters. The topological polar surface area (TPSA) is 23.5 Å². The van der Waals surface area contributed by atoms with Gasteiger partial charge in [0.2, 0.25) is 0 Å². The maximum absolute atomic E-state index is 8.89. The minimum atomic E-state index is -0.315. The van der Waals surface area contributed by atoms with Crippen molar-refractivity contribution < 1.29 is 5.11 Å². The highest BCUT2D eigenvalue weighted by atomic mass is 16.3. The Morgan fingerprint density at radius 3 is 2.00 bits per heavy atom. The van der Waals surface area contributed by atoms with E-state index in [1.807, 2.05) is 6.54 Å². The van der Waals surface area contributed by atoms with Gasteiger partial charge in [-0.3, -0.25) is 4.90 Å². The summed E-state index contributed by atoms with van der Waals surface area (Å²) >= 11 is 0. The number of rotatable bonds is 4. The number of hydrogen-bond acceptors (Lipinski definition) is 2. The van der Waals surface area contributed by atoms with Crippen LogP contribution in [-0.2, 0) is 0 Å². The van der Waals surface area contributed by atoms with Gasteiger partial charge in [-0.05, 0) is 20.0 Å². The van der Waals surface area contributed by atoms with Crippen LogP contribution in [0, 0.1) is 6.54 Å². The summed E-state index contributed by atoms with van der Waals surface area (Å²) in [4.78, 5) is 2.07. The fourth-order valence-corrected chi connectivity index (χ4v) is 0.740. The zero-order valence-corrected chi connectivity index (χ0v) is 6.46. The van der Waals surface area contributed by atoms with Gasteiger partial charge in [-0.1, -0.05) is 13.8 Å². The lowest BCUT2D eigenvalue weighted by atomic mass is 10.3. The van der Waals surface area contributed by atoms with E-state index in [1.54, 1.807) is 6.92 Å². The summed E-state index contributed by atoms with van der Waals surface area (Å²) in [6, 6.07) is 0. The van der Waals surface area contributed by atoms with Gasteiger partial charge in [0, 0.05) is 0 Å². The van der Waals surface area contributed by atoms with Gasteiger partial charge in [0.15, 0.2) is 0 Å². The van der Waals surface area contributed by atoms with Crippen LogP contribution in [0.1, 0.15) is 20.8 Å². The highest BCUT2D eigenvalue weighted by Gasteiger charge is 2.02. The van der Waals surface area contributed by atoms with E-state index in [9.17, 15) is 0 Å². The van der Waals surface area contributed by atoms with Gasteiger partial charge in [-0.15, -0.1) is 0 Å². The third kappa shape index (κ3) is 4.43. The molecular formula is C7H16NO. The third-order valence-electron chi connectivity index (χ3n) is 1.24. The Kier molecular flexibility index (Phi) is 4.72. The Bertz CT molecular complexity index is 59.9. The van der Waals surface area contributed by atoms with Crippen LogP contribution in [-0.4, -0.2) is 29.2 Å². The molecule has 1 radical (unpaired) electrons. The molecule has 0 aromatic carbocycles. The summed E-state index contributed by atoms with van der Waals surface area (Å²) in [5, 5.41) is 8.89. The van der Waals surface area contributed by atoms with Crippen LogP contribution in [0.2, 0.25) is 0 Å². The van der Waals surface area contributed by atoms with E-state index in [4.69, 9.17) is 5.11 Å². The van der Waals surface area contributed by atoms with Crippen LogP contribution in [0.4, 0.5) is 0 Å². The van der Waals surface area contributed by atoms with Gasteiger partial charge in [-0.25, -0.2) is 0 Å². The van der Waals surface area contributed by atoms with Crippen LogP contribution in [0.25, 0.3) is 0 Å². The second kappa shape index (κ2) is 4.77. The molecule has 0 aliphatic heterocycles. The first kappa shape index (κ1) is 8.92. The number of likely N-dealkylation sites (N-methyl/N-ethyl adjacent to an activating group) is 1. The van der Waals surface area contributed by atoms with E-state index < -0.39 is 0 Å². The second-order valence-corrected chi connectivity index (χ2v) is 2.11. The van der Waals surface area contributed by atoms with E-state index in [-0.39, 0.29) is 6.10 Å². The van der Waals surface area contributed by atoms with Crippen molar-refractivity contribution in [2.24, 2.45) is 0 Å². The van der Waals surface area contributed by atoms with Crippen LogP contribution < -0.4 is 0 Å². The standard InChI is InChI=1S/C7H16NO/c1-4-8(5-2)6-7(3)9/h6-7,9H,4-5H2,1-3H3. The van der Waals surface area contributed by atoms with Crippen molar-refractivity contribution in [3.05, 3.63) is 6.54 Å². The number of nitrogens with zero attached hydrogens (tertiary/aromatic N) is 1. The summed E-state index contributed by atoms with van der Waals surface area (Å²) in [5.74, 6) is 0. The smallest absolute Gasteiger partial charge is 0.0683 e. The van der Waals surface area contributed by atoms with Gasteiger partial charge < -0.3 is 5.11 Å². The molecule has 0 aromatic rings. The van der Waals surface area contributed by atoms with E-state index >= 15 is 0 Å². The zero-order chi connectivity index (χ0) is 7.28. The van der Waals surface area contributed by atoms with Gasteiger partial charge in [0.25, 0.3) is 0 Å². The largest absolute Gasteiger partial charge is 0.392 e. The lowest BCUT2D eigenvalue weighted by Gasteiger charge is -2.18. The molecule has 0 saturated heterocycles. The molecule has 0 amide bonds. The summed E-state index contributed by atoms with van der Waals surface area (Å²) < 4.78 is 0. The quantitative estimate of drug-likeness (QED) is 0.610. The van der Waals surface area contributed by atoms with Crippen molar-refractivity contribution in [3.8, 4) is 0 Å². The molecule has 0 fully saturated rings. The summed E-state index contributed by atoms with van der Waals surface area (Å²) in [6.07, 6.45) is -0.315. The minimum absolute atomic E-state index is 0.315. The predicted octanol–water partition coefficient (Wildman–Crippen LogP) is 0.871. The van der Waals surface area contributed by atoms with E-state index in [0.29, 0.717) is 0 Å². The van der Waals surface area contributed by atoms with E-state index in [2.05, 4.69) is 18.7 Å². The van der Waals surface area contributed by atoms with Gasteiger partial charge in [0.05, 0.1) is 12.6 Å². The molecule has 2 heteroatoms. The Hall–Kier alpha value is -0.0800. The molecule has 0 spiro atoms. The third-order valence-corrected chi connectivity index (χ3v) is 1.24. The molecule has 0 aromatic heterocycles. The van der Waals surface area contributed by atoms with Crippen LogP contribution in [0.15, 0.2) is 0 Å². The van der Waals surface area contributed by atoms with Crippen molar-refractivity contribution in [3.63, 3.8) is 0 Å².